The minimum Gasteiger partial charge on any atom is -0.385 e. The molecule has 2 rings (SSSR count). The Morgan fingerprint density at radius 2 is 2.19 bits per heavy atom. The summed E-state index contributed by atoms with van der Waals surface area (Å²) >= 11 is 0.722. The average Bonchev–Trinajstić information content (AvgIpc) is 2.82. The first-order valence-corrected chi connectivity index (χ1v) is 10.1. The van der Waals surface area contributed by atoms with E-state index in [9.17, 15) is 16.8 Å². The number of hydrogen-bond acceptors (Lipinski definition) is 6. The molecular formula is C11H18N2O5S3. The van der Waals surface area contributed by atoms with Gasteiger partial charge in [0, 0.05) is 26.8 Å². The summed E-state index contributed by atoms with van der Waals surface area (Å²) in [7, 11) is -5.99. The van der Waals surface area contributed by atoms with E-state index in [0.29, 0.717) is 31.7 Å². The highest BCUT2D eigenvalue weighted by molar-refractivity contribution is 7.94. The van der Waals surface area contributed by atoms with Gasteiger partial charge in [0.05, 0.1) is 0 Å². The van der Waals surface area contributed by atoms with Crippen LogP contribution in [0, 0.1) is 0 Å². The second kappa shape index (κ2) is 5.94. The second-order valence-corrected chi connectivity index (χ2v) is 9.94. The minimum absolute atomic E-state index is 0.0715. The quantitative estimate of drug-likeness (QED) is 0.777. The Balaban J connectivity index is 2.40. The number of nitrogens with two attached hydrogens (primary N) is 1. The van der Waals surface area contributed by atoms with Crippen LogP contribution in [0.4, 0.5) is 0 Å². The molecule has 1 aliphatic rings. The maximum Gasteiger partial charge on any atom is 0.252 e. The third-order valence-corrected chi connectivity index (χ3v) is 8.28. The Hall–Kier alpha value is -0.520. The number of fused-ring (bicyclic) bond motifs is 1. The Morgan fingerprint density at radius 1 is 1.52 bits per heavy atom. The second-order valence-electron chi connectivity index (χ2n) is 4.96. The van der Waals surface area contributed by atoms with Crippen molar-refractivity contribution in [1.29, 1.82) is 0 Å². The monoisotopic (exact) mass is 354 g/mol. The number of hydrogen-bond donors (Lipinski definition) is 1. The van der Waals surface area contributed by atoms with Gasteiger partial charge in [0.1, 0.15) is 8.42 Å². The number of methoxy groups -OCH3 is 1. The standard InChI is InChI=1S/C11H18N2O5S3/c1-8-7-13(4-3-5-18-2)21(16,17)11-9(8)6-10(19-11)20(12,14)15/h6,8H,3-5,7H2,1-2H3,(H2,12,14,15)/t8-/m1/s1. The molecule has 2 N–H and O–H groups in total. The normalized spacial score (nSPS) is 22.1. The summed E-state index contributed by atoms with van der Waals surface area (Å²) in [6, 6.07) is 1.38. The predicted molar refractivity (Wildman–Crippen MR) is 79.4 cm³/mol. The molecule has 0 spiro atoms. The van der Waals surface area contributed by atoms with Crippen molar-refractivity contribution in [2.24, 2.45) is 5.14 Å². The summed E-state index contributed by atoms with van der Waals surface area (Å²) in [6.07, 6.45) is 0.588. The number of rotatable bonds is 5. The molecule has 1 aromatic rings. The molecule has 1 aliphatic heterocycles. The van der Waals surface area contributed by atoms with Crippen molar-refractivity contribution in [3.8, 4) is 0 Å². The molecule has 0 fully saturated rings. The van der Waals surface area contributed by atoms with Crippen molar-refractivity contribution in [3.63, 3.8) is 0 Å². The number of primary sulfonamides is 1. The summed E-state index contributed by atoms with van der Waals surface area (Å²) < 4.78 is 54.2. The maximum atomic E-state index is 12.5. The lowest BCUT2D eigenvalue weighted by Gasteiger charge is -2.30. The molecule has 0 bridgehead atoms. The van der Waals surface area contributed by atoms with Gasteiger partial charge < -0.3 is 4.74 Å². The van der Waals surface area contributed by atoms with Crippen LogP contribution in [-0.4, -0.2) is 47.9 Å². The van der Waals surface area contributed by atoms with E-state index in [1.807, 2.05) is 6.92 Å². The van der Waals surface area contributed by atoms with Gasteiger partial charge in [-0.2, -0.15) is 4.31 Å². The first-order valence-electron chi connectivity index (χ1n) is 6.33. The predicted octanol–water partition coefficient (Wildman–Crippen LogP) is 0.540. The topological polar surface area (TPSA) is 107 Å². The third-order valence-electron chi connectivity index (χ3n) is 3.32. The molecule has 0 saturated carbocycles. The zero-order valence-corrected chi connectivity index (χ0v) is 14.2. The highest BCUT2D eigenvalue weighted by Gasteiger charge is 2.38. The fourth-order valence-electron chi connectivity index (χ4n) is 2.27. The lowest BCUT2D eigenvalue weighted by molar-refractivity contribution is 0.186. The maximum absolute atomic E-state index is 12.5. The Labute approximate surface area is 128 Å². The van der Waals surface area contributed by atoms with E-state index >= 15 is 0 Å². The zero-order chi connectivity index (χ0) is 15.8. The summed E-state index contributed by atoms with van der Waals surface area (Å²) in [5.74, 6) is -0.0715. The fourth-order valence-corrected chi connectivity index (χ4v) is 6.77. The Kier molecular flexibility index (Phi) is 4.76. The van der Waals surface area contributed by atoms with E-state index in [4.69, 9.17) is 9.88 Å². The van der Waals surface area contributed by atoms with E-state index in [0.717, 1.165) is 11.3 Å². The highest BCUT2D eigenvalue weighted by Crippen LogP contribution is 2.40. The van der Waals surface area contributed by atoms with Gasteiger partial charge in [-0.15, -0.1) is 11.3 Å². The largest absolute Gasteiger partial charge is 0.385 e. The van der Waals surface area contributed by atoms with Gasteiger partial charge >= 0.3 is 0 Å². The van der Waals surface area contributed by atoms with E-state index in [1.165, 1.54) is 10.4 Å². The molecule has 120 valence electrons. The van der Waals surface area contributed by atoms with Crippen LogP contribution in [0.1, 0.15) is 24.8 Å². The highest BCUT2D eigenvalue weighted by atomic mass is 32.3. The van der Waals surface area contributed by atoms with Crippen LogP contribution in [0.3, 0.4) is 0 Å². The molecule has 1 aromatic heterocycles. The summed E-state index contributed by atoms with van der Waals surface area (Å²) in [5, 5.41) is 5.09. The molecule has 0 radical (unpaired) electrons. The molecule has 10 heteroatoms. The number of ether oxygens (including phenoxy) is 1. The molecule has 7 nitrogen and oxygen atoms in total. The van der Waals surface area contributed by atoms with Gasteiger partial charge in [-0.3, -0.25) is 0 Å². The first-order chi connectivity index (χ1) is 9.67. The van der Waals surface area contributed by atoms with Crippen LogP contribution in [0.5, 0.6) is 0 Å². The number of nitrogens with zero attached hydrogens (tertiary/aromatic N) is 1. The van der Waals surface area contributed by atoms with Crippen LogP contribution < -0.4 is 5.14 Å². The van der Waals surface area contributed by atoms with Gasteiger partial charge in [0.15, 0.2) is 0 Å². The lowest BCUT2D eigenvalue weighted by atomic mass is 10.1. The molecule has 0 unspecified atom stereocenters. The number of sulfonamides is 2. The van der Waals surface area contributed by atoms with Crippen molar-refractivity contribution in [3.05, 3.63) is 11.6 Å². The molecule has 0 aliphatic carbocycles. The van der Waals surface area contributed by atoms with Gasteiger partial charge in [-0.1, -0.05) is 6.92 Å². The zero-order valence-electron chi connectivity index (χ0n) is 11.8. The lowest BCUT2D eigenvalue weighted by Crippen LogP contribution is -2.39. The van der Waals surface area contributed by atoms with Gasteiger partial charge in [0.2, 0.25) is 10.0 Å². The molecule has 0 amide bonds. The summed E-state index contributed by atoms with van der Waals surface area (Å²) in [6.45, 7) is 3.03. The molecular weight excluding hydrogens is 336 g/mol. The van der Waals surface area contributed by atoms with E-state index < -0.39 is 20.0 Å². The smallest absolute Gasteiger partial charge is 0.252 e. The first kappa shape index (κ1) is 16.8. The average molecular weight is 354 g/mol. The number of thiophene rings is 1. The summed E-state index contributed by atoms with van der Waals surface area (Å²) in [4.78, 5) is 0. The van der Waals surface area contributed by atoms with Crippen LogP contribution >= 0.6 is 11.3 Å². The van der Waals surface area contributed by atoms with Crippen molar-refractivity contribution in [2.45, 2.75) is 27.7 Å². The molecule has 0 saturated heterocycles. The van der Waals surface area contributed by atoms with Gasteiger partial charge in [0.25, 0.3) is 10.0 Å². The molecule has 0 aromatic carbocycles. The van der Waals surface area contributed by atoms with E-state index in [1.54, 1.807) is 7.11 Å². The summed E-state index contributed by atoms with van der Waals surface area (Å²) in [5.41, 5.74) is 0.534. The van der Waals surface area contributed by atoms with Gasteiger partial charge in [-0.25, -0.2) is 22.0 Å². The molecule has 1 atom stereocenters. The Bertz CT molecular complexity index is 723. The van der Waals surface area contributed by atoms with Crippen molar-refractivity contribution in [2.75, 3.05) is 26.8 Å². The van der Waals surface area contributed by atoms with Gasteiger partial charge in [-0.05, 0) is 24.0 Å². The van der Waals surface area contributed by atoms with Crippen LogP contribution in [0.2, 0.25) is 0 Å². The minimum atomic E-state index is -3.89. The van der Waals surface area contributed by atoms with Crippen LogP contribution in [0.15, 0.2) is 14.5 Å². The molecule has 21 heavy (non-hydrogen) atoms. The van der Waals surface area contributed by atoms with E-state index in [-0.39, 0.29) is 14.3 Å². The van der Waals surface area contributed by atoms with Crippen molar-refractivity contribution in [1.82, 2.24) is 4.31 Å². The van der Waals surface area contributed by atoms with Crippen molar-refractivity contribution >= 4 is 31.4 Å². The fraction of sp³-hybridized carbons (Fsp3) is 0.636. The SMILES string of the molecule is COCCCN1C[C@@H](C)c2cc(S(N)(=O)=O)sc2S1(=O)=O. The third kappa shape index (κ3) is 3.30. The van der Waals surface area contributed by atoms with E-state index in [2.05, 4.69) is 0 Å². The van der Waals surface area contributed by atoms with Crippen LogP contribution in [-0.2, 0) is 24.8 Å². The Morgan fingerprint density at radius 3 is 2.76 bits per heavy atom. The van der Waals surface area contributed by atoms with Crippen LogP contribution in [0.25, 0.3) is 0 Å². The van der Waals surface area contributed by atoms with Crippen molar-refractivity contribution < 1.29 is 21.6 Å². The molecule has 2 heterocycles.